The molecular weight excluding hydrogens is 168 g/mol. The molecule has 0 aliphatic carbocycles. The molecule has 0 spiro atoms. The Morgan fingerprint density at radius 1 is 1.46 bits per heavy atom. The number of ether oxygens (including phenoxy) is 1. The third kappa shape index (κ3) is 2.33. The van der Waals surface area contributed by atoms with Gasteiger partial charge in [-0.25, -0.2) is 4.79 Å². The standard InChI is InChI=1S/C10H10O3/c1-7(2)13-9-6-4-3-5-8(9)10(11)12/h3-6H,1H2,2H3,(H,11,12). The molecule has 0 radical (unpaired) electrons. The van der Waals surface area contributed by atoms with Gasteiger partial charge in [-0.15, -0.1) is 0 Å². The van der Waals surface area contributed by atoms with Crippen molar-refractivity contribution in [3.63, 3.8) is 0 Å². The molecule has 0 saturated heterocycles. The van der Waals surface area contributed by atoms with Gasteiger partial charge >= 0.3 is 5.97 Å². The highest BCUT2D eigenvalue weighted by Crippen LogP contribution is 2.19. The summed E-state index contributed by atoms with van der Waals surface area (Å²) in [5.74, 6) is -0.215. The number of allylic oxidation sites excluding steroid dienone is 1. The zero-order valence-corrected chi connectivity index (χ0v) is 7.28. The summed E-state index contributed by atoms with van der Waals surface area (Å²) in [6.45, 7) is 5.20. The number of carboxylic acids is 1. The van der Waals surface area contributed by atoms with Crippen LogP contribution in [0.4, 0.5) is 0 Å². The smallest absolute Gasteiger partial charge is 0.339 e. The van der Waals surface area contributed by atoms with Crippen LogP contribution in [0.15, 0.2) is 36.6 Å². The van der Waals surface area contributed by atoms with Crippen molar-refractivity contribution in [2.75, 3.05) is 0 Å². The summed E-state index contributed by atoms with van der Waals surface area (Å²) in [4.78, 5) is 10.7. The van der Waals surface area contributed by atoms with Crippen molar-refractivity contribution in [2.45, 2.75) is 6.92 Å². The average Bonchev–Trinajstić information content (AvgIpc) is 2.03. The summed E-state index contributed by atoms with van der Waals surface area (Å²) in [6, 6.07) is 6.44. The molecule has 0 aliphatic rings. The number of carbonyl (C=O) groups is 1. The van der Waals surface area contributed by atoms with Gasteiger partial charge in [-0.1, -0.05) is 18.7 Å². The molecule has 1 rings (SSSR count). The van der Waals surface area contributed by atoms with Crippen LogP contribution in [0.2, 0.25) is 0 Å². The SMILES string of the molecule is C=C(C)Oc1ccccc1C(=O)O. The van der Waals surface area contributed by atoms with E-state index in [-0.39, 0.29) is 5.56 Å². The minimum atomic E-state index is -1.00. The molecule has 0 aromatic heterocycles. The first kappa shape index (κ1) is 9.32. The molecule has 0 amide bonds. The molecule has 0 unspecified atom stereocenters. The molecule has 0 heterocycles. The molecular formula is C10H10O3. The number of hydrogen-bond acceptors (Lipinski definition) is 2. The third-order valence-electron chi connectivity index (χ3n) is 1.40. The van der Waals surface area contributed by atoms with Gasteiger partial charge in [0.05, 0.1) is 5.76 Å². The van der Waals surface area contributed by atoms with E-state index in [1.807, 2.05) is 0 Å². The van der Waals surface area contributed by atoms with E-state index in [4.69, 9.17) is 9.84 Å². The normalized spacial score (nSPS) is 9.31. The molecule has 0 aliphatic heterocycles. The minimum Gasteiger partial charge on any atom is -0.478 e. The number of aromatic carboxylic acids is 1. The number of para-hydroxylation sites is 1. The Balaban J connectivity index is 3.04. The van der Waals surface area contributed by atoms with Crippen molar-refractivity contribution < 1.29 is 14.6 Å². The maximum absolute atomic E-state index is 10.7. The maximum Gasteiger partial charge on any atom is 0.339 e. The van der Waals surface area contributed by atoms with Gasteiger partial charge < -0.3 is 9.84 Å². The summed E-state index contributed by atoms with van der Waals surface area (Å²) in [5, 5.41) is 8.77. The molecule has 68 valence electrons. The van der Waals surface area contributed by atoms with Crippen LogP contribution in [0.5, 0.6) is 5.75 Å². The van der Waals surface area contributed by atoms with Gasteiger partial charge in [0, 0.05) is 0 Å². The second-order valence-electron chi connectivity index (χ2n) is 2.61. The van der Waals surface area contributed by atoms with Crippen LogP contribution in [-0.4, -0.2) is 11.1 Å². The highest BCUT2D eigenvalue weighted by atomic mass is 16.5. The Hall–Kier alpha value is -1.77. The van der Waals surface area contributed by atoms with Gasteiger partial charge in [-0.2, -0.15) is 0 Å². The van der Waals surface area contributed by atoms with Crippen LogP contribution in [0.3, 0.4) is 0 Å². The van der Waals surface area contributed by atoms with E-state index in [9.17, 15) is 4.79 Å². The lowest BCUT2D eigenvalue weighted by Crippen LogP contribution is -2.00. The average molecular weight is 178 g/mol. The largest absolute Gasteiger partial charge is 0.478 e. The molecule has 0 saturated carbocycles. The number of rotatable bonds is 3. The van der Waals surface area contributed by atoms with Crippen molar-refractivity contribution in [1.29, 1.82) is 0 Å². The van der Waals surface area contributed by atoms with Crippen molar-refractivity contribution >= 4 is 5.97 Å². The highest BCUT2D eigenvalue weighted by Gasteiger charge is 2.09. The topological polar surface area (TPSA) is 46.5 Å². The molecule has 1 N–H and O–H groups in total. The molecule has 13 heavy (non-hydrogen) atoms. The molecule has 0 fully saturated rings. The Kier molecular flexibility index (Phi) is 2.69. The van der Waals surface area contributed by atoms with Crippen LogP contribution in [0.25, 0.3) is 0 Å². The number of hydrogen-bond donors (Lipinski definition) is 1. The monoisotopic (exact) mass is 178 g/mol. The van der Waals surface area contributed by atoms with Crippen LogP contribution < -0.4 is 4.74 Å². The highest BCUT2D eigenvalue weighted by molar-refractivity contribution is 5.90. The van der Waals surface area contributed by atoms with Gasteiger partial charge in [-0.05, 0) is 19.1 Å². The van der Waals surface area contributed by atoms with E-state index in [0.29, 0.717) is 11.5 Å². The van der Waals surface area contributed by atoms with E-state index in [1.54, 1.807) is 25.1 Å². The van der Waals surface area contributed by atoms with Crippen molar-refractivity contribution in [3.8, 4) is 5.75 Å². The maximum atomic E-state index is 10.7. The Morgan fingerprint density at radius 2 is 2.08 bits per heavy atom. The molecule has 0 atom stereocenters. The fourth-order valence-electron chi connectivity index (χ4n) is 0.920. The first-order valence-corrected chi connectivity index (χ1v) is 3.77. The van der Waals surface area contributed by atoms with Gasteiger partial charge in [0.25, 0.3) is 0 Å². The summed E-state index contributed by atoms with van der Waals surface area (Å²) in [5.41, 5.74) is 0.144. The lowest BCUT2D eigenvalue weighted by atomic mass is 10.2. The third-order valence-corrected chi connectivity index (χ3v) is 1.40. The number of carboxylic acid groups (broad SMARTS) is 1. The van der Waals surface area contributed by atoms with E-state index < -0.39 is 5.97 Å². The van der Waals surface area contributed by atoms with Crippen molar-refractivity contribution in [2.24, 2.45) is 0 Å². The van der Waals surface area contributed by atoms with Crippen molar-refractivity contribution in [3.05, 3.63) is 42.2 Å². The zero-order valence-electron chi connectivity index (χ0n) is 7.28. The van der Waals surface area contributed by atoms with Crippen LogP contribution in [0.1, 0.15) is 17.3 Å². The summed E-state index contributed by atoms with van der Waals surface area (Å²) in [7, 11) is 0. The first-order valence-electron chi connectivity index (χ1n) is 3.77. The van der Waals surface area contributed by atoms with Gasteiger partial charge in [0.2, 0.25) is 0 Å². The fourth-order valence-corrected chi connectivity index (χ4v) is 0.920. The summed E-state index contributed by atoms with van der Waals surface area (Å²) < 4.78 is 5.13. The fraction of sp³-hybridized carbons (Fsp3) is 0.100. The second-order valence-corrected chi connectivity index (χ2v) is 2.61. The van der Waals surface area contributed by atoms with Crippen LogP contribution in [0, 0.1) is 0 Å². The van der Waals surface area contributed by atoms with E-state index in [2.05, 4.69) is 6.58 Å². The predicted molar refractivity (Wildman–Crippen MR) is 48.8 cm³/mol. The number of benzene rings is 1. The zero-order chi connectivity index (χ0) is 9.84. The van der Waals surface area contributed by atoms with Gasteiger partial charge in [0.1, 0.15) is 11.3 Å². The lowest BCUT2D eigenvalue weighted by Gasteiger charge is -2.06. The van der Waals surface area contributed by atoms with E-state index in [1.165, 1.54) is 6.07 Å². The predicted octanol–water partition coefficient (Wildman–Crippen LogP) is 2.30. The van der Waals surface area contributed by atoms with E-state index >= 15 is 0 Å². The molecule has 0 bridgehead atoms. The molecule has 1 aromatic carbocycles. The molecule has 3 nitrogen and oxygen atoms in total. The lowest BCUT2D eigenvalue weighted by molar-refractivity contribution is 0.0694. The first-order chi connectivity index (χ1) is 6.11. The molecule has 3 heteroatoms. The Morgan fingerprint density at radius 3 is 2.62 bits per heavy atom. The van der Waals surface area contributed by atoms with Crippen molar-refractivity contribution in [1.82, 2.24) is 0 Å². The van der Waals surface area contributed by atoms with Crippen LogP contribution >= 0.6 is 0 Å². The summed E-state index contributed by atoms with van der Waals surface area (Å²) >= 11 is 0. The quantitative estimate of drug-likeness (QED) is 0.722. The minimum absolute atomic E-state index is 0.144. The van der Waals surface area contributed by atoms with Gasteiger partial charge in [0.15, 0.2) is 0 Å². The van der Waals surface area contributed by atoms with E-state index in [0.717, 1.165) is 0 Å². The Bertz CT molecular complexity index is 342. The van der Waals surface area contributed by atoms with Gasteiger partial charge in [-0.3, -0.25) is 0 Å². The van der Waals surface area contributed by atoms with Crippen LogP contribution in [-0.2, 0) is 0 Å². The Labute approximate surface area is 76.3 Å². The summed E-state index contributed by atoms with van der Waals surface area (Å²) in [6.07, 6.45) is 0. The second kappa shape index (κ2) is 3.76. The molecule has 1 aromatic rings.